The lowest BCUT2D eigenvalue weighted by Gasteiger charge is -2.35. The molecule has 3 heteroatoms. The summed E-state index contributed by atoms with van der Waals surface area (Å²) in [4.78, 5) is 0. The number of thioether (sulfide) groups is 2. The molecule has 1 fully saturated rings. The highest BCUT2D eigenvalue weighted by Crippen LogP contribution is 2.34. The summed E-state index contributed by atoms with van der Waals surface area (Å²) in [6.45, 7) is 8.16. The third-order valence-corrected chi connectivity index (χ3v) is 6.66. The summed E-state index contributed by atoms with van der Waals surface area (Å²) in [6, 6.07) is 0.745. The highest BCUT2D eigenvalue weighted by Gasteiger charge is 2.29. The second-order valence-corrected chi connectivity index (χ2v) is 7.74. The van der Waals surface area contributed by atoms with Crippen molar-refractivity contribution in [2.45, 2.75) is 69.4 Å². The molecule has 1 aliphatic rings. The Morgan fingerprint density at radius 3 is 2.53 bits per heavy atom. The number of nitrogens with one attached hydrogen (secondary N) is 1. The first-order valence-electron chi connectivity index (χ1n) is 7.26. The molecule has 0 aromatic heterocycles. The van der Waals surface area contributed by atoms with Crippen LogP contribution in [0.5, 0.6) is 0 Å². The SMILES string of the molecule is CCCCCC(NCCC)C1SCCSC1C. The Hall–Kier alpha value is 0.660. The van der Waals surface area contributed by atoms with E-state index in [1.54, 1.807) is 0 Å². The van der Waals surface area contributed by atoms with Crippen LogP contribution in [-0.2, 0) is 0 Å². The predicted octanol–water partition coefficient (Wildman–Crippen LogP) is 4.17. The Balaban J connectivity index is 2.41. The molecular formula is C14H29NS2. The summed E-state index contributed by atoms with van der Waals surface area (Å²) in [5, 5.41) is 5.45. The van der Waals surface area contributed by atoms with Crippen molar-refractivity contribution < 1.29 is 0 Å². The highest BCUT2D eigenvalue weighted by atomic mass is 32.2. The summed E-state index contributed by atoms with van der Waals surface area (Å²) in [7, 11) is 0. The minimum Gasteiger partial charge on any atom is -0.313 e. The van der Waals surface area contributed by atoms with Crippen LogP contribution in [0.4, 0.5) is 0 Å². The highest BCUT2D eigenvalue weighted by molar-refractivity contribution is 8.07. The van der Waals surface area contributed by atoms with Crippen LogP contribution in [0.3, 0.4) is 0 Å². The minimum atomic E-state index is 0.745. The molecule has 102 valence electrons. The molecule has 17 heavy (non-hydrogen) atoms. The molecule has 1 aliphatic heterocycles. The molecule has 1 nitrogen and oxygen atoms in total. The summed E-state index contributed by atoms with van der Waals surface area (Å²) >= 11 is 4.37. The van der Waals surface area contributed by atoms with Gasteiger partial charge >= 0.3 is 0 Å². The van der Waals surface area contributed by atoms with E-state index in [2.05, 4.69) is 49.6 Å². The Morgan fingerprint density at radius 1 is 1.12 bits per heavy atom. The van der Waals surface area contributed by atoms with Gasteiger partial charge in [0.05, 0.1) is 0 Å². The Bertz CT molecular complexity index is 187. The fourth-order valence-electron chi connectivity index (χ4n) is 2.42. The topological polar surface area (TPSA) is 12.0 Å². The van der Waals surface area contributed by atoms with Gasteiger partial charge < -0.3 is 5.32 Å². The molecule has 1 saturated heterocycles. The van der Waals surface area contributed by atoms with Crippen LogP contribution >= 0.6 is 23.5 Å². The fourth-order valence-corrected chi connectivity index (χ4v) is 5.42. The molecule has 0 aromatic carbocycles. The average molecular weight is 276 g/mol. The van der Waals surface area contributed by atoms with Gasteiger partial charge in [0.15, 0.2) is 0 Å². The van der Waals surface area contributed by atoms with Crippen LogP contribution in [0.25, 0.3) is 0 Å². The van der Waals surface area contributed by atoms with Crippen LogP contribution in [0.2, 0.25) is 0 Å². The zero-order valence-corrected chi connectivity index (χ0v) is 13.3. The Kier molecular flexibility index (Phi) is 8.85. The first-order chi connectivity index (χ1) is 8.29. The molecule has 1 heterocycles. The zero-order chi connectivity index (χ0) is 12.5. The van der Waals surface area contributed by atoms with E-state index in [4.69, 9.17) is 0 Å². The van der Waals surface area contributed by atoms with Gasteiger partial charge in [0.1, 0.15) is 0 Å². The summed E-state index contributed by atoms with van der Waals surface area (Å²) in [5.41, 5.74) is 0. The quantitative estimate of drug-likeness (QED) is 0.668. The van der Waals surface area contributed by atoms with Crippen molar-refractivity contribution in [3.05, 3.63) is 0 Å². The van der Waals surface area contributed by atoms with Crippen molar-refractivity contribution in [1.82, 2.24) is 5.32 Å². The average Bonchev–Trinajstić information content (AvgIpc) is 2.35. The van der Waals surface area contributed by atoms with Gasteiger partial charge in [0, 0.05) is 28.0 Å². The summed E-state index contributed by atoms with van der Waals surface area (Å²) in [6.07, 6.45) is 6.75. The summed E-state index contributed by atoms with van der Waals surface area (Å²) in [5.74, 6) is 2.69. The number of hydrogen-bond donors (Lipinski definition) is 1. The molecule has 0 amide bonds. The van der Waals surface area contributed by atoms with E-state index in [1.165, 1.54) is 50.2 Å². The van der Waals surface area contributed by atoms with E-state index in [0.717, 1.165) is 16.5 Å². The largest absolute Gasteiger partial charge is 0.313 e. The van der Waals surface area contributed by atoms with Gasteiger partial charge in [-0.15, -0.1) is 0 Å². The van der Waals surface area contributed by atoms with Crippen molar-refractivity contribution in [2.75, 3.05) is 18.1 Å². The van der Waals surface area contributed by atoms with Crippen LogP contribution < -0.4 is 5.32 Å². The third-order valence-electron chi connectivity index (χ3n) is 3.41. The lowest BCUT2D eigenvalue weighted by Crippen LogP contribution is -2.44. The van der Waals surface area contributed by atoms with Crippen molar-refractivity contribution in [2.24, 2.45) is 0 Å². The van der Waals surface area contributed by atoms with Gasteiger partial charge in [-0.25, -0.2) is 0 Å². The zero-order valence-electron chi connectivity index (χ0n) is 11.7. The van der Waals surface area contributed by atoms with Crippen LogP contribution in [0, 0.1) is 0 Å². The Morgan fingerprint density at radius 2 is 1.88 bits per heavy atom. The van der Waals surface area contributed by atoms with E-state index in [1.807, 2.05) is 0 Å². The van der Waals surface area contributed by atoms with Crippen molar-refractivity contribution in [1.29, 1.82) is 0 Å². The normalized spacial score (nSPS) is 27.0. The number of hydrogen-bond acceptors (Lipinski definition) is 3. The molecular weight excluding hydrogens is 246 g/mol. The maximum Gasteiger partial charge on any atom is 0.0317 e. The molecule has 0 saturated carbocycles. The van der Waals surface area contributed by atoms with Crippen LogP contribution in [-0.4, -0.2) is 34.6 Å². The summed E-state index contributed by atoms with van der Waals surface area (Å²) < 4.78 is 0. The molecule has 3 atom stereocenters. The number of rotatable bonds is 8. The first-order valence-corrected chi connectivity index (χ1v) is 9.35. The van der Waals surface area contributed by atoms with Gasteiger partial charge in [-0.2, -0.15) is 23.5 Å². The van der Waals surface area contributed by atoms with E-state index in [0.29, 0.717) is 0 Å². The first kappa shape index (κ1) is 15.7. The second kappa shape index (κ2) is 9.57. The molecule has 3 unspecified atom stereocenters. The smallest absolute Gasteiger partial charge is 0.0317 e. The second-order valence-electron chi connectivity index (χ2n) is 4.97. The number of unbranched alkanes of at least 4 members (excludes halogenated alkanes) is 2. The van der Waals surface area contributed by atoms with Crippen molar-refractivity contribution in [3.8, 4) is 0 Å². The van der Waals surface area contributed by atoms with Crippen LogP contribution in [0.1, 0.15) is 52.9 Å². The lowest BCUT2D eigenvalue weighted by molar-refractivity contribution is 0.443. The lowest BCUT2D eigenvalue weighted by atomic mass is 10.0. The predicted molar refractivity (Wildman–Crippen MR) is 84.4 cm³/mol. The van der Waals surface area contributed by atoms with Gasteiger partial charge in [-0.1, -0.05) is 40.0 Å². The van der Waals surface area contributed by atoms with Gasteiger partial charge in [0.2, 0.25) is 0 Å². The van der Waals surface area contributed by atoms with E-state index >= 15 is 0 Å². The van der Waals surface area contributed by atoms with Gasteiger partial charge in [-0.05, 0) is 19.4 Å². The fraction of sp³-hybridized carbons (Fsp3) is 1.00. The minimum absolute atomic E-state index is 0.745. The molecule has 0 radical (unpaired) electrons. The molecule has 0 spiro atoms. The molecule has 0 aliphatic carbocycles. The maximum atomic E-state index is 3.79. The standard InChI is InChI=1S/C14H29NS2/c1-4-6-7-8-13(15-9-5-2)14-12(3)16-10-11-17-14/h12-15H,4-11H2,1-3H3. The molecule has 0 aromatic rings. The van der Waals surface area contributed by atoms with E-state index in [9.17, 15) is 0 Å². The van der Waals surface area contributed by atoms with Gasteiger partial charge in [0.25, 0.3) is 0 Å². The molecule has 1 rings (SSSR count). The van der Waals surface area contributed by atoms with E-state index in [-0.39, 0.29) is 0 Å². The Labute approximate surface area is 116 Å². The van der Waals surface area contributed by atoms with Crippen LogP contribution in [0.15, 0.2) is 0 Å². The molecule has 1 N–H and O–H groups in total. The van der Waals surface area contributed by atoms with E-state index < -0.39 is 0 Å². The maximum absolute atomic E-state index is 3.79. The molecule has 0 bridgehead atoms. The monoisotopic (exact) mass is 275 g/mol. The van der Waals surface area contributed by atoms with Crippen molar-refractivity contribution in [3.63, 3.8) is 0 Å². The van der Waals surface area contributed by atoms with Gasteiger partial charge in [-0.3, -0.25) is 0 Å². The van der Waals surface area contributed by atoms with Crippen molar-refractivity contribution >= 4 is 23.5 Å². The third kappa shape index (κ3) is 5.89.